The molecule has 0 aliphatic carbocycles. The summed E-state index contributed by atoms with van der Waals surface area (Å²) in [5.74, 6) is 0.407. The van der Waals surface area contributed by atoms with Crippen LogP contribution in [-0.2, 0) is 9.59 Å². The number of benzene rings is 3. The lowest BCUT2D eigenvalue weighted by Gasteiger charge is -2.14. The summed E-state index contributed by atoms with van der Waals surface area (Å²) in [7, 11) is 1.52. The van der Waals surface area contributed by atoms with E-state index in [4.69, 9.17) is 21.7 Å². The highest BCUT2D eigenvalue weighted by molar-refractivity contribution is 9.10. The average molecular weight is 584 g/mol. The van der Waals surface area contributed by atoms with Crippen LogP contribution in [0.15, 0.2) is 70.0 Å². The van der Waals surface area contributed by atoms with Crippen molar-refractivity contribution < 1.29 is 19.1 Å². The first-order valence-electron chi connectivity index (χ1n) is 11.0. The van der Waals surface area contributed by atoms with Crippen LogP contribution in [0.3, 0.4) is 0 Å². The molecule has 1 heterocycles. The lowest BCUT2D eigenvalue weighted by Crippen LogP contribution is -2.27. The molecule has 9 heteroatoms. The highest BCUT2D eigenvalue weighted by Gasteiger charge is 2.33. The van der Waals surface area contributed by atoms with Gasteiger partial charge in [-0.05, 0) is 73.5 Å². The van der Waals surface area contributed by atoms with Crippen molar-refractivity contribution >= 4 is 73.5 Å². The van der Waals surface area contributed by atoms with Crippen LogP contribution >= 0.6 is 39.9 Å². The van der Waals surface area contributed by atoms with Crippen LogP contribution in [0, 0.1) is 13.8 Å². The standard InChI is InChI=1S/C27H23BrN2O4S2/c1-16-4-8-20(9-5-16)30-26(32)24(36-27(30)35)14-18-6-11-22(23(13-18)33-3)34-15-25(31)29-19-7-10-21(28)17(2)12-19/h4-14H,15H2,1-3H3,(H,29,31)/b24-14-. The number of nitrogens with zero attached hydrogens (tertiary/aromatic N) is 1. The summed E-state index contributed by atoms with van der Waals surface area (Å²) < 4.78 is 12.6. The molecule has 4 rings (SSSR count). The molecular formula is C27H23BrN2O4S2. The predicted octanol–water partition coefficient (Wildman–Crippen LogP) is 6.50. The SMILES string of the molecule is COc1cc(/C=C2\SC(=S)N(c3ccc(C)cc3)C2=O)ccc1OCC(=O)Nc1ccc(Br)c(C)c1. The van der Waals surface area contributed by atoms with E-state index in [2.05, 4.69) is 21.2 Å². The van der Waals surface area contributed by atoms with Crippen LogP contribution in [0.1, 0.15) is 16.7 Å². The van der Waals surface area contributed by atoms with Gasteiger partial charge in [-0.25, -0.2) is 0 Å². The van der Waals surface area contributed by atoms with Gasteiger partial charge in [-0.2, -0.15) is 0 Å². The Labute approximate surface area is 227 Å². The number of halogens is 1. The van der Waals surface area contributed by atoms with Gasteiger partial charge in [-0.15, -0.1) is 0 Å². The minimum absolute atomic E-state index is 0.173. The van der Waals surface area contributed by atoms with E-state index >= 15 is 0 Å². The Hall–Kier alpha value is -3.14. The number of hydrogen-bond donors (Lipinski definition) is 1. The Kier molecular flexibility index (Phi) is 8.13. The number of thiocarbonyl (C=S) groups is 1. The lowest BCUT2D eigenvalue weighted by atomic mass is 10.1. The number of thioether (sulfide) groups is 1. The summed E-state index contributed by atoms with van der Waals surface area (Å²) in [4.78, 5) is 27.4. The fourth-order valence-corrected chi connectivity index (χ4v) is 5.04. The Morgan fingerprint density at radius 1 is 1.08 bits per heavy atom. The Balaban J connectivity index is 1.44. The Morgan fingerprint density at radius 2 is 1.83 bits per heavy atom. The predicted molar refractivity (Wildman–Crippen MR) is 153 cm³/mol. The van der Waals surface area contributed by atoms with E-state index in [0.717, 1.165) is 26.9 Å². The van der Waals surface area contributed by atoms with Crippen LogP contribution < -0.4 is 19.7 Å². The van der Waals surface area contributed by atoms with E-state index in [1.807, 2.05) is 56.3 Å². The zero-order valence-electron chi connectivity index (χ0n) is 19.8. The van der Waals surface area contributed by atoms with E-state index in [1.165, 1.54) is 23.8 Å². The minimum atomic E-state index is -0.289. The van der Waals surface area contributed by atoms with Gasteiger partial charge in [-0.3, -0.25) is 14.5 Å². The summed E-state index contributed by atoms with van der Waals surface area (Å²) in [5.41, 5.74) is 4.30. The first-order chi connectivity index (χ1) is 17.2. The van der Waals surface area contributed by atoms with Crippen molar-refractivity contribution in [3.8, 4) is 11.5 Å². The molecule has 0 radical (unpaired) electrons. The largest absolute Gasteiger partial charge is 0.493 e. The van der Waals surface area contributed by atoms with Gasteiger partial charge in [0.25, 0.3) is 11.8 Å². The number of hydrogen-bond acceptors (Lipinski definition) is 6. The molecule has 1 aliphatic rings. The molecule has 1 fully saturated rings. The number of ether oxygens (including phenoxy) is 2. The first kappa shape index (κ1) is 25.9. The third kappa shape index (κ3) is 5.98. The summed E-state index contributed by atoms with van der Waals surface area (Å²) in [6.07, 6.45) is 1.77. The minimum Gasteiger partial charge on any atom is -0.493 e. The normalized spacial score (nSPS) is 14.3. The molecule has 6 nitrogen and oxygen atoms in total. The maximum Gasteiger partial charge on any atom is 0.270 e. The third-order valence-corrected chi connectivity index (χ3v) is 7.56. The third-order valence-electron chi connectivity index (χ3n) is 5.37. The quantitative estimate of drug-likeness (QED) is 0.253. The molecule has 1 N–H and O–H groups in total. The number of amides is 2. The second-order valence-corrected chi connectivity index (χ2v) is 10.6. The van der Waals surface area contributed by atoms with E-state index < -0.39 is 0 Å². The number of carbonyl (C=O) groups is 2. The molecule has 3 aromatic rings. The zero-order chi connectivity index (χ0) is 25.8. The van der Waals surface area contributed by atoms with Crippen molar-refractivity contribution in [1.82, 2.24) is 0 Å². The van der Waals surface area contributed by atoms with E-state index in [1.54, 1.807) is 24.3 Å². The van der Waals surface area contributed by atoms with Gasteiger partial charge >= 0.3 is 0 Å². The number of rotatable bonds is 7. The first-order valence-corrected chi connectivity index (χ1v) is 13.0. The fraction of sp³-hybridized carbons (Fsp3) is 0.148. The molecule has 0 spiro atoms. The van der Waals surface area contributed by atoms with E-state index in [9.17, 15) is 9.59 Å². The fourth-order valence-electron chi connectivity index (χ4n) is 3.49. The molecule has 0 bridgehead atoms. The molecule has 36 heavy (non-hydrogen) atoms. The van der Waals surface area contributed by atoms with Crippen molar-refractivity contribution in [1.29, 1.82) is 0 Å². The smallest absolute Gasteiger partial charge is 0.270 e. The molecule has 0 saturated carbocycles. The molecule has 2 amide bonds. The van der Waals surface area contributed by atoms with Crippen molar-refractivity contribution in [2.24, 2.45) is 0 Å². The maximum atomic E-state index is 13.0. The van der Waals surface area contributed by atoms with Crippen molar-refractivity contribution in [2.45, 2.75) is 13.8 Å². The van der Waals surface area contributed by atoms with Crippen LogP contribution in [0.5, 0.6) is 11.5 Å². The topological polar surface area (TPSA) is 67.9 Å². The van der Waals surface area contributed by atoms with Gasteiger partial charge < -0.3 is 14.8 Å². The van der Waals surface area contributed by atoms with Crippen LogP contribution in [-0.4, -0.2) is 29.9 Å². The zero-order valence-corrected chi connectivity index (χ0v) is 23.1. The second kappa shape index (κ2) is 11.3. The molecule has 1 aliphatic heterocycles. The number of aryl methyl sites for hydroxylation is 2. The van der Waals surface area contributed by atoms with Crippen LogP contribution in [0.4, 0.5) is 11.4 Å². The molecule has 1 saturated heterocycles. The molecular weight excluding hydrogens is 560 g/mol. The molecule has 0 atom stereocenters. The van der Waals surface area contributed by atoms with Gasteiger partial charge in [0, 0.05) is 10.2 Å². The van der Waals surface area contributed by atoms with Gasteiger partial charge in [0.15, 0.2) is 22.4 Å². The van der Waals surface area contributed by atoms with Crippen molar-refractivity contribution in [3.05, 3.63) is 86.7 Å². The van der Waals surface area contributed by atoms with Crippen molar-refractivity contribution in [2.75, 3.05) is 23.9 Å². The number of nitrogens with one attached hydrogen (secondary N) is 1. The monoisotopic (exact) mass is 582 g/mol. The highest BCUT2D eigenvalue weighted by atomic mass is 79.9. The number of anilines is 2. The summed E-state index contributed by atoms with van der Waals surface area (Å²) in [6.45, 7) is 3.76. The summed E-state index contributed by atoms with van der Waals surface area (Å²) in [5, 5.41) is 2.81. The second-order valence-electron chi connectivity index (χ2n) is 8.06. The van der Waals surface area contributed by atoms with Gasteiger partial charge in [0.05, 0.1) is 17.7 Å². The lowest BCUT2D eigenvalue weighted by molar-refractivity contribution is -0.118. The van der Waals surface area contributed by atoms with Crippen LogP contribution in [0.25, 0.3) is 6.08 Å². The number of methoxy groups -OCH3 is 1. The average Bonchev–Trinajstić information content (AvgIpc) is 3.13. The van der Waals surface area contributed by atoms with E-state index in [-0.39, 0.29) is 18.4 Å². The Morgan fingerprint density at radius 3 is 2.53 bits per heavy atom. The summed E-state index contributed by atoms with van der Waals surface area (Å²) in [6, 6.07) is 18.5. The van der Waals surface area contributed by atoms with Crippen molar-refractivity contribution in [3.63, 3.8) is 0 Å². The van der Waals surface area contributed by atoms with Gasteiger partial charge in [0.2, 0.25) is 0 Å². The van der Waals surface area contributed by atoms with Gasteiger partial charge in [0.1, 0.15) is 0 Å². The molecule has 0 unspecified atom stereocenters. The highest BCUT2D eigenvalue weighted by Crippen LogP contribution is 2.37. The number of carbonyl (C=O) groups excluding carboxylic acids is 2. The van der Waals surface area contributed by atoms with Crippen LogP contribution in [0.2, 0.25) is 0 Å². The molecule has 0 aromatic heterocycles. The Bertz CT molecular complexity index is 1370. The maximum absolute atomic E-state index is 13.0. The molecule has 184 valence electrons. The van der Waals surface area contributed by atoms with Gasteiger partial charge in [-0.1, -0.05) is 63.7 Å². The van der Waals surface area contributed by atoms with E-state index in [0.29, 0.717) is 26.4 Å². The summed E-state index contributed by atoms with van der Waals surface area (Å²) >= 11 is 10.2. The molecule has 3 aromatic carbocycles.